The normalized spacial score (nSPS) is 19.1. The molecule has 110 valence electrons. The molecule has 1 fully saturated rings. The highest BCUT2D eigenvalue weighted by Crippen LogP contribution is 2.20. The van der Waals surface area contributed by atoms with Gasteiger partial charge in [0, 0.05) is 25.3 Å². The lowest BCUT2D eigenvalue weighted by molar-refractivity contribution is 0.00211. The topological polar surface area (TPSA) is 49.8 Å². The molecule has 0 aromatic heterocycles. The Kier molecular flexibility index (Phi) is 5.01. The number of phenolic OH excluding ortho intramolecular Hbond substituents is 1. The molecular formula is C16H23NO3. The average Bonchev–Trinajstić information content (AvgIpc) is 2.47. The molecule has 0 radical (unpaired) electrons. The van der Waals surface area contributed by atoms with Gasteiger partial charge in [0.1, 0.15) is 5.75 Å². The van der Waals surface area contributed by atoms with E-state index in [9.17, 15) is 9.90 Å². The molecule has 1 aromatic rings. The molecule has 1 saturated heterocycles. The molecule has 20 heavy (non-hydrogen) atoms. The van der Waals surface area contributed by atoms with Gasteiger partial charge in [-0.15, -0.1) is 0 Å². The van der Waals surface area contributed by atoms with Crippen LogP contribution in [0.2, 0.25) is 0 Å². The van der Waals surface area contributed by atoms with Crippen molar-refractivity contribution in [3.05, 3.63) is 29.3 Å². The molecule has 0 saturated carbocycles. The summed E-state index contributed by atoms with van der Waals surface area (Å²) in [7, 11) is 0. The zero-order valence-corrected chi connectivity index (χ0v) is 12.3. The first kappa shape index (κ1) is 14.9. The number of hydrogen-bond donors (Lipinski definition) is 1. The van der Waals surface area contributed by atoms with E-state index in [1.807, 2.05) is 4.90 Å². The van der Waals surface area contributed by atoms with Crippen LogP contribution in [0.4, 0.5) is 0 Å². The molecule has 1 aliphatic heterocycles. The zero-order valence-electron chi connectivity index (χ0n) is 12.3. The molecule has 0 bridgehead atoms. The van der Waals surface area contributed by atoms with Gasteiger partial charge >= 0.3 is 0 Å². The molecule has 1 N–H and O–H groups in total. The first-order valence-corrected chi connectivity index (χ1v) is 7.32. The van der Waals surface area contributed by atoms with E-state index in [0.717, 1.165) is 38.0 Å². The van der Waals surface area contributed by atoms with E-state index in [1.54, 1.807) is 25.1 Å². The largest absolute Gasteiger partial charge is 0.508 e. The second-order valence-electron chi connectivity index (χ2n) is 5.39. The minimum atomic E-state index is 0.0258. The Balaban J connectivity index is 2.02. The monoisotopic (exact) mass is 277 g/mol. The van der Waals surface area contributed by atoms with Crippen LogP contribution in [0.3, 0.4) is 0 Å². The van der Waals surface area contributed by atoms with Crippen LogP contribution in [0.15, 0.2) is 18.2 Å². The van der Waals surface area contributed by atoms with E-state index in [0.29, 0.717) is 12.1 Å². The number of aromatic hydroxyl groups is 1. The maximum atomic E-state index is 12.5. The fourth-order valence-electron chi connectivity index (χ4n) is 2.51. The second kappa shape index (κ2) is 6.75. The van der Waals surface area contributed by atoms with Crippen molar-refractivity contribution in [1.29, 1.82) is 0 Å². The zero-order chi connectivity index (χ0) is 14.5. The van der Waals surface area contributed by atoms with Crippen LogP contribution < -0.4 is 0 Å². The lowest BCUT2D eigenvalue weighted by Gasteiger charge is -2.32. The maximum Gasteiger partial charge on any atom is 0.253 e. The minimum absolute atomic E-state index is 0.0258. The molecule has 1 aromatic carbocycles. The predicted octanol–water partition coefficient (Wildman–Crippen LogP) is 2.73. The number of benzene rings is 1. The summed E-state index contributed by atoms with van der Waals surface area (Å²) in [6.45, 7) is 6.09. The third kappa shape index (κ3) is 3.51. The fraction of sp³-hybridized carbons (Fsp3) is 0.562. The van der Waals surface area contributed by atoms with Crippen LogP contribution >= 0.6 is 0 Å². The number of carbonyl (C=O) groups is 1. The predicted molar refractivity (Wildman–Crippen MR) is 78.0 cm³/mol. The van der Waals surface area contributed by atoms with Gasteiger partial charge in [-0.1, -0.05) is 6.92 Å². The third-order valence-electron chi connectivity index (χ3n) is 3.67. The van der Waals surface area contributed by atoms with Gasteiger partial charge in [-0.25, -0.2) is 0 Å². The summed E-state index contributed by atoms with van der Waals surface area (Å²) in [5, 5.41) is 9.53. The number of phenols is 1. The molecule has 1 amide bonds. The minimum Gasteiger partial charge on any atom is -0.508 e. The quantitative estimate of drug-likeness (QED) is 0.920. The van der Waals surface area contributed by atoms with E-state index < -0.39 is 0 Å². The number of amides is 1. The van der Waals surface area contributed by atoms with Crippen molar-refractivity contribution in [3.8, 4) is 5.75 Å². The Morgan fingerprint density at radius 2 is 2.30 bits per heavy atom. The van der Waals surface area contributed by atoms with Gasteiger partial charge in [-0.2, -0.15) is 0 Å². The van der Waals surface area contributed by atoms with Crippen molar-refractivity contribution < 1.29 is 14.6 Å². The number of ether oxygens (including phenoxy) is 1. The van der Waals surface area contributed by atoms with E-state index in [2.05, 4.69) is 6.92 Å². The molecule has 1 aliphatic rings. The van der Waals surface area contributed by atoms with Crippen LogP contribution in [0, 0.1) is 6.92 Å². The van der Waals surface area contributed by atoms with Crippen molar-refractivity contribution in [3.63, 3.8) is 0 Å². The highest BCUT2D eigenvalue weighted by atomic mass is 16.5. The van der Waals surface area contributed by atoms with E-state index in [4.69, 9.17) is 4.74 Å². The van der Waals surface area contributed by atoms with Gasteiger partial charge in [0.05, 0.1) is 6.10 Å². The van der Waals surface area contributed by atoms with E-state index in [1.165, 1.54) is 0 Å². The Bertz CT molecular complexity index is 473. The van der Waals surface area contributed by atoms with Crippen molar-refractivity contribution in [2.45, 2.75) is 39.2 Å². The number of aryl methyl sites for hydroxylation is 1. The fourth-order valence-corrected chi connectivity index (χ4v) is 2.51. The Morgan fingerprint density at radius 3 is 3.00 bits per heavy atom. The van der Waals surface area contributed by atoms with E-state index in [-0.39, 0.29) is 17.8 Å². The van der Waals surface area contributed by atoms with Gasteiger partial charge < -0.3 is 14.7 Å². The highest BCUT2D eigenvalue weighted by molar-refractivity contribution is 5.94. The average molecular weight is 277 g/mol. The Labute approximate surface area is 120 Å². The van der Waals surface area contributed by atoms with Crippen LogP contribution in [0.5, 0.6) is 5.75 Å². The standard InChI is InChI=1S/C16H23NO3/c1-3-9-20-14-5-4-8-17(11-14)16(19)13-6-7-15(18)12(2)10-13/h6-7,10,14,18H,3-5,8-9,11H2,1-2H3. The molecule has 4 nitrogen and oxygen atoms in total. The van der Waals surface area contributed by atoms with Gasteiger partial charge in [0.2, 0.25) is 0 Å². The van der Waals surface area contributed by atoms with Gasteiger partial charge in [-0.3, -0.25) is 4.79 Å². The molecule has 2 rings (SSSR count). The molecule has 1 heterocycles. The summed E-state index contributed by atoms with van der Waals surface area (Å²) in [6.07, 6.45) is 3.17. The Hall–Kier alpha value is -1.55. The van der Waals surface area contributed by atoms with Gasteiger partial charge in [0.15, 0.2) is 0 Å². The number of rotatable bonds is 4. The maximum absolute atomic E-state index is 12.5. The second-order valence-corrected chi connectivity index (χ2v) is 5.39. The molecule has 4 heteroatoms. The summed E-state index contributed by atoms with van der Waals surface area (Å²) in [5.74, 6) is 0.252. The van der Waals surface area contributed by atoms with Gasteiger partial charge in [-0.05, 0) is 49.9 Å². The highest BCUT2D eigenvalue weighted by Gasteiger charge is 2.25. The first-order valence-electron chi connectivity index (χ1n) is 7.32. The lowest BCUT2D eigenvalue weighted by atomic mass is 10.1. The SMILES string of the molecule is CCCOC1CCCN(C(=O)c2ccc(O)c(C)c2)C1. The first-order chi connectivity index (χ1) is 9.61. The van der Waals surface area contributed by atoms with Crippen molar-refractivity contribution in [2.75, 3.05) is 19.7 Å². The van der Waals surface area contributed by atoms with Crippen LogP contribution in [-0.4, -0.2) is 41.7 Å². The summed E-state index contributed by atoms with van der Waals surface area (Å²) in [6, 6.07) is 5.01. The molecule has 1 atom stereocenters. The van der Waals surface area contributed by atoms with Crippen molar-refractivity contribution >= 4 is 5.91 Å². The summed E-state index contributed by atoms with van der Waals surface area (Å²) in [5.41, 5.74) is 1.36. The van der Waals surface area contributed by atoms with Crippen LogP contribution in [0.25, 0.3) is 0 Å². The molecule has 0 spiro atoms. The summed E-state index contributed by atoms with van der Waals surface area (Å²) in [4.78, 5) is 14.3. The Morgan fingerprint density at radius 1 is 1.50 bits per heavy atom. The summed E-state index contributed by atoms with van der Waals surface area (Å²) < 4.78 is 5.76. The van der Waals surface area contributed by atoms with E-state index >= 15 is 0 Å². The third-order valence-corrected chi connectivity index (χ3v) is 3.67. The molecule has 1 unspecified atom stereocenters. The summed E-state index contributed by atoms with van der Waals surface area (Å²) >= 11 is 0. The van der Waals surface area contributed by atoms with Crippen molar-refractivity contribution in [2.24, 2.45) is 0 Å². The van der Waals surface area contributed by atoms with Crippen molar-refractivity contribution in [1.82, 2.24) is 4.90 Å². The van der Waals surface area contributed by atoms with Gasteiger partial charge in [0.25, 0.3) is 5.91 Å². The number of carbonyl (C=O) groups excluding carboxylic acids is 1. The lowest BCUT2D eigenvalue weighted by Crippen LogP contribution is -2.43. The molecule has 0 aliphatic carbocycles. The number of hydrogen-bond acceptors (Lipinski definition) is 3. The van der Waals surface area contributed by atoms with Crippen LogP contribution in [0.1, 0.15) is 42.1 Å². The molecular weight excluding hydrogens is 254 g/mol. The smallest absolute Gasteiger partial charge is 0.253 e. The van der Waals surface area contributed by atoms with Crippen LogP contribution in [-0.2, 0) is 4.74 Å². The number of likely N-dealkylation sites (tertiary alicyclic amines) is 1. The number of nitrogens with zero attached hydrogens (tertiary/aromatic N) is 1. The number of piperidine rings is 1.